The number of methoxy groups -OCH3 is 1. The fourth-order valence-electron chi connectivity index (χ4n) is 3.09. The Kier molecular flexibility index (Phi) is 5.30. The minimum atomic E-state index is -0.496. The molecule has 1 aliphatic heterocycles. The number of hydrogen-bond acceptors (Lipinski definition) is 6. The van der Waals surface area contributed by atoms with Gasteiger partial charge in [-0.1, -0.05) is 6.07 Å². The maximum Gasteiger partial charge on any atom is 0.273 e. The average Bonchev–Trinajstić information content (AvgIpc) is 3.26. The summed E-state index contributed by atoms with van der Waals surface area (Å²) in [5, 5.41) is 15.7. The van der Waals surface area contributed by atoms with Crippen LogP contribution in [0.25, 0.3) is 0 Å². The summed E-state index contributed by atoms with van der Waals surface area (Å²) in [4.78, 5) is 26.2. The van der Waals surface area contributed by atoms with E-state index >= 15 is 0 Å². The highest BCUT2D eigenvalue weighted by Crippen LogP contribution is 2.34. The van der Waals surface area contributed by atoms with E-state index in [0.717, 1.165) is 19.4 Å². The Bertz CT molecular complexity index is 763. The Labute approximate surface area is 149 Å². The number of ether oxygens (including phenoxy) is 1. The molecule has 0 saturated carbocycles. The lowest BCUT2D eigenvalue weighted by molar-refractivity contribution is -0.384. The molecule has 0 radical (unpaired) electrons. The fraction of sp³-hybridized carbons (Fsp3) is 0.353. The van der Waals surface area contributed by atoms with E-state index in [2.05, 4.69) is 16.3 Å². The highest BCUT2D eigenvalue weighted by Gasteiger charge is 2.28. The van der Waals surface area contributed by atoms with Crippen LogP contribution in [-0.4, -0.2) is 35.9 Å². The van der Waals surface area contributed by atoms with Gasteiger partial charge in [-0.25, -0.2) is 0 Å². The van der Waals surface area contributed by atoms with Gasteiger partial charge >= 0.3 is 0 Å². The lowest BCUT2D eigenvalue weighted by Gasteiger charge is -2.23. The number of benzene rings is 1. The van der Waals surface area contributed by atoms with Crippen molar-refractivity contribution < 1.29 is 14.5 Å². The van der Waals surface area contributed by atoms with Crippen LogP contribution in [0.3, 0.4) is 0 Å². The van der Waals surface area contributed by atoms with Crippen LogP contribution in [0.1, 0.15) is 23.8 Å². The van der Waals surface area contributed by atoms with Gasteiger partial charge in [-0.05, 0) is 36.9 Å². The number of amides is 1. The van der Waals surface area contributed by atoms with Crippen molar-refractivity contribution in [1.82, 2.24) is 4.90 Å². The predicted molar refractivity (Wildman–Crippen MR) is 96.1 cm³/mol. The molecular weight excluding hydrogens is 342 g/mol. The quantitative estimate of drug-likeness (QED) is 0.629. The molecule has 25 heavy (non-hydrogen) atoms. The van der Waals surface area contributed by atoms with Crippen molar-refractivity contribution in [2.24, 2.45) is 0 Å². The molecule has 3 rings (SSSR count). The second kappa shape index (κ2) is 7.62. The first-order valence-corrected chi connectivity index (χ1v) is 8.86. The standard InChI is InChI=1S/C17H19N3O4S/c1-24-15-10-12(20(22)23)6-7-13(15)18-17(21)11-19-8-2-4-14(19)16-5-3-9-25-16/h3,5-7,9-10,14H,2,4,8,11H2,1H3,(H,18,21)/t14-/m0/s1. The van der Waals surface area contributed by atoms with Gasteiger partial charge in [0.2, 0.25) is 5.91 Å². The Morgan fingerprint density at radius 2 is 2.32 bits per heavy atom. The SMILES string of the molecule is COc1cc([N+](=O)[O-])ccc1NC(=O)CN1CCC[C@H]1c1cccs1. The van der Waals surface area contributed by atoms with Crippen LogP contribution in [0.4, 0.5) is 11.4 Å². The van der Waals surface area contributed by atoms with Crippen molar-refractivity contribution in [3.05, 3.63) is 50.7 Å². The smallest absolute Gasteiger partial charge is 0.273 e. The van der Waals surface area contributed by atoms with Gasteiger partial charge < -0.3 is 10.1 Å². The largest absolute Gasteiger partial charge is 0.494 e. The first-order chi connectivity index (χ1) is 12.1. The molecule has 1 aliphatic rings. The third kappa shape index (κ3) is 3.97. The Hall–Kier alpha value is -2.45. The van der Waals surface area contributed by atoms with Crippen molar-refractivity contribution in [2.75, 3.05) is 25.5 Å². The molecule has 0 unspecified atom stereocenters. The molecule has 1 saturated heterocycles. The second-order valence-electron chi connectivity index (χ2n) is 5.83. The van der Waals surface area contributed by atoms with Crippen molar-refractivity contribution in [2.45, 2.75) is 18.9 Å². The van der Waals surface area contributed by atoms with Gasteiger partial charge in [0.1, 0.15) is 5.75 Å². The zero-order valence-electron chi connectivity index (χ0n) is 13.8. The number of rotatable bonds is 6. The third-order valence-corrected chi connectivity index (χ3v) is 5.23. The molecule has 1 fully saturated rings. The lowest BCUT2D eigenvalue weighted by Crippen LogP contribution is -2.32. The number of thiophene rings is 1. The van der Waals surface area contributed by atoms with E-state index in [1.807, 2.05) is 11.4 Å². The summed E-state index contributed by atoms with van der Waals surface area (Å²) in [5.41, 5.74) is 0.358. The number of carbonyl (C=O) groups is 1. The zero-order valence-corrected chi connectivity index (χ0v) is 14.6. The molecule has 8 heteroatoms. The number of likely N-dealkylation sites (tertiary alicyclic amines) is 1. The summed E-state index contributed by atoms with van der Waals surface area (Å²) in [6.45, 7) is 1.16. The first kappa shape index (κ1) is 17.4. The van der Waals surface area contributed by atoms with Crippen molar-refractivity contribution in [3.8, 4) is 5.75 Å². The number of anilines is 1. The molecule has 0 aliphatic carbocycles. The van der Waals surface area contributed by atoms with E-state index in [-0.39, 0.29) is 29.9 Å². The fourth-order valence-corrected chi connectivity index (χ4v) is 3.98. The molecule has 0 bridgehead atoms. The minimum absolute atomic E-state index is 0.0767. The molecule has 1 N–H and O–H groups in total. The average molecular weight is 361 g/mol. The number of nitrogens with zero attached hydrogens (tertiary/aromatic N) is 2. The van der Waals surface area contributed by atoms with Gasteiger partial charge in [0, 0.05) is 17.0 Å². The molecule has 2 heterocycles. The molecule has 7 nitrogen and oxygen atoms in total. The Morgan fingerprint density at radius 1 is 1.48 bits per heavy atom. The van der Waals surface area contributed by atoms with Gasteiger partial charge in [-0.3, -0.25) is 19.8 Å². The zero-order chi connectivity index (χ0) is 17.8. The number of nitro benzene ring substituents is 1. The van der Waals surface area contributed by atoms with Crippen LogP contribution in [0.2, 0.25) is 0 Å². The normalized spacial score (nSPS) is 17.4. The summed E-state index contributed by atoms with van der Waals surface area (Å²) in [6, 6.07) is 8.56. The van der Waals surface area contributed by atoms with Crippen LogP contribution >= 0.6 is 11.3 Å². The third-order valence-electron chi connectivity index (χ3n) is 4.25. The second-order valence-corrected chi connectivity index (χ2v) is 6.81. The van der Waals surface area contributed by atoms with Gasteiger partial charge in [0.25, 0.3) is 5.69 Å². The lowest BCUT2D eigenvalue weighted by atomic mass is 10.2. The molecule has 132 valence electrons. The predicted octanol–water partition coefficient (Wildman–Crippen LogP) is 3.44. The monoisotopic (exact) mass is 361 g/mol. The highest BCUT2D eigenvalue weighted by molar-refractivity contribution is 7.10. The molecule has 2 aromatic rings. The van der Waals surface area contributed by atoms with E-state index in [1.165, 1.54) is 30.2 Å². The van der Waals surface area contributed by atoms with E-state index in [0.29, 0.717) is 5.69 Å². The van der Waals surface area contributed by atoms with Crippen LogP contribution in [0, 0.1) is 10.1 Å². The maximum atomic E-state index is 12.4. The molecule has 0 spiro atoms. The topological polar surface area (TPSA) is 84.7 Å². The summed E-state index contributed by atoms with van der Waals surface area (Å²) in [6.07, 6.45) is 2.12. The Morgan fingerprint density at radius 3 is 3.00 bits per heavy atom. The van der Waals surface area contributed by atoms with Crippen molar-refractivity contribution >= 4 is 28.6 Å². The van der Waals surface area contributed by atoms with Crippen LogP contribution in [-0.2, 0) is 4.79 Å². The van der Waals surface area contributed by atoms with Gasteiger partial charge in [0.15, 0.2) is 0 Å². The van der Waals surface area contributed by atoms with Crippen LogP contribution < -0.4 is 10.1 Å². The molecule has 1 aromatic heterocycles. The molecule has 1 atom stereocenters. The van der Waals surface area contributed by atoms with Crippen molar-refractivity contribution in [1.29, 1.82) is 0 Å². The van der Waals surface area contributed by atoms with E-state index < -0.39 is 4.92 Å². The number of nitro groups is 1. The molecule has 1 aromatic carbocycles. The summed E-state index contributed by atoms with van der Waals surface area (Å²) >= 11 is 1.71. The minimum Gasteiger partial charge on any atom is -0.494 e. The van der Waals surface area contributed by atoms with Gasteiger partial charge in [0.05, 0.1) is 30.3 Å². The number of non-ortho nitro benzene ring substituents is 1. The highest BCUT2D eigenvalue weighted by atomic mass is 32.1. The summed E-state index contributed by atoms with van der Waals surface area (Å²) in [5.74, 6) is 0.120. The summed E-state index contributed by atoms with van der Waals surface area (Å²) in [7, 11) is 1.42. The van der Waals surface area contributed by atoms with Gasteiger partial charge in [-0.15, -0.1) is 11.3 Å². The van der Waals surface area contributed by atoms with E-state index in [9.17, 15) is 14.9 Å². The Balaban J connectivity index is 1.67. The van der Waals surface area contributed by atoms with E-state index in [1.54, 1.807) is 11.3 Å². The number of carbonyl (C=O) groups excluding carboxylic acids is 1. The first-order valence-electron chi connectivity index (χ1n) is 7.98. The number of nitrogens with one attached hydrogen (secondary N) is 1. The molecule has 1 amide bonds. The summed E-state index contributed by atoms with van der Waals surface area (Å²) < 4.78 is 5.16. The van der Waals surface area contributed by atoms with E-state index in [4.69, 9.17) is 4.74 Å². The van der Waals surface area contributed by atoms with Crippen molar-refractivity contribution in [3.63, 3.8) is 0 Å². The van der Waals surface area contributed by atoms with Crippen LogP contribution in [0.5, 0.6) is 5.75 Å². The van der Waals surface area contributed by atoms with Crippen LogP contribution in [0.15, 0.2) is 35.7 Å². The molecular formula is C17H19N3O4S. The van der Waals surface area contributed by atoms with Gasteiger partial charge in [-0.2, -0.15) is 0 Å². The number of hydrogen-bond donors (Lipinski definition) is 1. The maximum absolute atomic E-state index is 12.4.